The van der Waals surface area contributed by atoms with Crippen LogP contribution in [0.2, 0.25) is 0 Å². The summed E-state index contributed by atoms with van der Waals surface area (Å²) in [6, 6.07) is 23.2. The van der Waals surface area contributed by atoms with Crippen molar-refractivity contribution in [1.82, 2.24) is 45.3 Å². The third-order valence-electron chi connectivity index (χ3n) is 9.56. The van der Waals surface area contributed by atoms with Crippen LogP contribution in [0.15, 0.2) is 110 Å². The third-order valence-corrected chi connectivity index (χ3v) is 9.78. The van der Waals surface area contributed by atoms with Crippen molar-refractivity contribution < 1.29 is 19.2 Å². The Hall–Kier alpha value is -5.99. The van der Waals surface area contributed by atoms with Crippen LogP contribution in [0.1, 0.15) is 22.3 Å². The molecule has 0 saturated carbocycles. The molecule has 4 aromatic heterocycles. The Morgan fingerprint density at radius 1 is 0.643 bits per heavy atom. The SMILES string of the molecule is O=C(CN(CCc1c[nH]c2ccccc12)C(=O)CN(Cc1cccnc1)C(=O)CN(CCc1c[nH]c2ccccc12)C(=O)CNCc1cccnc1)NCCS. The molecule has 0 aliphatic heterocycles. The molecule has 14 heteroatoms. The van der Waals surface area contributed by atoms with Crippen molar-refractivity contribution >= 4 is 58.1 Å². The first-order valence-corrected chi connectivity index (χ1v) is 19.3. The molecule has 4 heterocycles. The molecule has 6 aromatic rings. The van der Waals surface area contributed by atoms with Crippen molar-refractivity contribution in [1.29, 1.82) is 0 Å². The summed E-state index contributed by atoms with van der Waals surface area (Å²) in [6.45, 7) is 0.678. The standard InChI is InChI=1S/C42H47N9O4S/c52-39(46-17-20-56)28-49(18-13-33-24-47-37-11-3-1-9-35(33)37)41(54)30-51(27-32-8-6-16-44-23-32)42(55)29-50(40(53)26-45-22-31-7-5-15-43-21-31)19-14-34-25-48-38-12-4-2-10-36(34)38/h1-12,15-16,21,23-25,45,47-48,56H,13-14,17-20,22,26-30H2,(H,46,52). The van der Waals surface area contributed by atoms with Gasteiger partial charge in [-0.3, -0.25) is 29.1 Å². The minimum Gasteiger partial charge on any atom is -0.361 e. The lowest BCUT2D eigenvalue weighted by Gasteiger charge is -2.30. The molecule has 0 spiro atoms. The van der Waals surface area contributed by atoms with Crippen molar-refractivity contribution in [2.24, 2.45) is 0 Å². The zero-order chi connectivity index (χ0) is 39.1. The van der Waals surface area contributed by atoms with Gasteiger partial charge in [-0.15, -0.1) is 0 Å². The molecule has 0 aliphatic rings. The van der Waals surface area contributed by atoms with Crippen LogP contribution in [0.3, 0.4) is 0 Å². The van der Waals surface area contributed by atoms with Crippen molar-refractivity contribution in [3.8, 4) is 0 Å². The number of hydrogen-bond acceptors (Lipinski definition) is 8. The summed E-state index contributed by atoms with van der Waals surface area (Å²) >= 11 is 4.20. The summed E-state index contributed by atoms with van der Waals surface area (Å²) in [5, 5.41) is 8.08. The fraction of sp³-hybridized carbons (Fsp3) is 0.286. The van der Waals surface area contributed by atoms with Crippen LogP contribution in [0.5, 0.6) is 0 Å². The maximum absolute atomic E-state index is 14.4. The van der Waals surface area contributed by atoms with E-state index in [1.165, 1.54) is 9.80 Å². The van der Waals surface area contributed by atoms with E-state index >= 15 is 0 Å². The number of H-pyrrole nitrogens is 2. The molecule has 0 bridgehead atoms. The highest BCUT2D eigenvalue weighted by Crippen LogP contribution is 2.20. The Morgan fingerprint density at radius 2 is 1.20 bits per heavy atom. The number of fused-ring (bicyclic) bond motifs is 2. The number of pyridine rings is 2. The van der Waals surface area contributed by atoms with Gasteiger partial charge in [-0.1, -0.05) is 48.5 Å². The normalized spacial score (nSPS) is 11.1. The molecule has 0 aliphatic carbocycles. The maximum Gasteiger partial charge on any atom is 0.242 e. The van der Waals surface area contributed by atoms with E-state index in [9.17, 15) is 19.2 Å². The number of nitrogens with zero attached hydrogens (tertiary/aromatic N) is 5. The Labute approximate surface area is 331 Å². The second-order valence-corrected chi connectivity index (χ2v) is 13.9. The number of para-hydroxylation sites is 2. The summed E-state index contributed by atoms with van der Waals surface area (Å²) in [4.78, 5) is 74.7. The van der Waals surface area contributed by atoms with Crippen LogP contribution in [0, 0.1) is 0 Å². The molecule has 2 aromatic carbocycles. The highest BCUT2D eigenvalue weighted by molar-refractivity contribution is 7.80. The van der Waals surface area contributed by atoms with Gasteiger partial charge in [0.15, 0.2) is 0 Å². The molecule has 0 saturated heterocycles. The number of carbonyl (C=O) groups is 4. The van der Waals surface area contributed by atoms with Gasteiger partial charge in [0.1, 0.15) is 6.54 Å². The van der Waals surface area contributed by atoms with Gasteiger partial charge in [-0.05, 0) is 59.4 Å². The van der Waals surface area contributed by atoms with E-state index in [-0.39, 0.29) is 57.6 Å². The average Bonchev–Trinajstić information content (AvgIpc) is 3.84. The zero-order valence-corrected chi connectivity index (χ0v) is 32.1. The number of nitrogens with one attached hydrogen (secondary N) is 4. The fourth-order valence-electron chi connectivity index (χ4n) is 6.60. The van der Waals surface area contributed by atoms with Gasteiger partial charge in [0.05, 0.1) is 19.6 Å². The summed E-state index contributed by atoms with van der Waals surface area (Å²) in [6.07, 6.45) is 11.6. The average molecular weight is 774 g/mol. The van der Waals surface area contributed by atoms with Gasteiger partial charge in [-0.2, -0.15) is 12.6 Å². The number of thiol groups is 1. The van der Waals surface area contributed by atoms with E-state index in [1.807, 2.05) is 79.1 Å². The van der Waals surface area contributed by atoms with Crippen molar-refractivity contribution in [3.05, 3.63) is 132 Å². The number of rotatable bonds is 20. The Kier molecular flexibility index (Phi) is 14.2. The van der Waals surface area contributed by atoms with Gasteiger partial charge >= 0.3 is 0 Å². The van der Waals surface area contributed by atoms with E-state index in [4.69, 9.17) is 0 Å². The van der Waals surface area contributed by atoms with Crippen molar-refractivity contribution in [3.63, 3.8) is 0 Å². The second-order valence-electron chi connectivity index (χ2n) is 13.5. The van der Waals surface area contributed by atoms with E-state index < -0.39 is 11.8 Å². The predicted molar refractivity (Wildman–Crippen MR) is 220 cm³/mol. The first-order chi connectivity index (χ1) is 27.4. The van der Waals surface area contributed by atoms with Crippen LogP contribution in [0.4, 0.5) is 0 Å². The second kappa shape index (κ2) is 20.1. The summed E-state index contributed by atoms with van der Waals surface area (Å²) in [5.74, 6) is -0.910. The summed E-state index contributed by atoms with van der Waals surface area (Å²) in [5.41, 5.74) is 5.66. The minimum atomic E-state index is -0.405. The summed E-state index contributed by atoms with van der Waals surface area (Å²) in [7, 11) is 0. The lowest BCUT2D eigenvalue weighted by molar-refractivity contribution is -0.145. The Balaban J connectivity index is 1.20. The number of aromatic nitrogens is 4. The molecule has 4 amide bonds. The number of amides is 4. The van der Waals surface area contributed by atoms with Gasteiger partial charge in [0.2, 0.25) is 23.6 Å². The van der Waals surface area contributed by atoms with Gasteiger partial charge in [-0.25, -0.2) is 0 Å². The lowest BCUT2D eigenvalue weighted by Crippen LogP contribution is -2.50. The first kappa shape index (κ1) is 39.7. The molecule has 6 rings (SSSR count). The molecular formula is C42H47N9O4S. The van der Waals surface area contributed by atoms with Crippen LogP contribution in [-0.4, -0.2) is 110 Å². The van der Waals surface area contributed by atoms with Crippen LogP contribution in [0.25, 0.3) is 21.8 Å². The van der Waals surface area contributed by atoms with E-state index in [2.05, 4.69) is 43.2 Å². The van der Waals surface area contributed by atoms with E-state index in [0.717, 1.165) is 44.1 Å². The number of aromatic amines is 2. The molecule has 0 radical (unpaired) electrons. The van der Waals surface area contributed by atoms with Gasteiger partial charge in [0.25, 0.3) is 0 Å². The Bertz CT molecular complexity index is 2210. The van der Waals surface area contributed by atoms with Crippen LogP contribution in [-0.2, 0) is 45.1 Å². The Morgan fingerprint density at radius 3 is 1.79 bits per heavy atom. The molecule has 13 nitrogen and oxygen atoms in total. The van der Waals surface area contributed by atoms with Crippen LogP contribution >= 0.6 is 12.6 Å². The molecule has 0 unspecified atom stereocenters. The van der Waals surface area contributed by atoms with Crippen LogP contribution < -0.4 is 10.6 Å². The fourth-order valence-corrected chi connectivity index (χ4v) is 6.71. The third kappa shape index (κ3) is 11.0. The molecule has 4 N–H and O–H groups in total. The molecule has 0 atom stereocenters. The van der Waals surface area contributed by atoms with E-state index in [0.29, 0.717) is 31.7 Å². The zero-order valence-electron chi connectivity index (χ0n) is 31.2. The monoisotopic (exact) mass is 773 g/mol. The number of hydrogen-bond donors (Lipinski definition) is 5. The number of benzene rings is 2. The smallest absolute Gasteiger partial charge is 0.242 e. The van der Waals surface area contributed by atoms with E-state index in [1.54, 1.807) is 35.8 Å². The van der Waals surface area contributed by atoms with Crippen molar-refractivity contribution in [2.75, 3.05) is 51.6 Å². The molecule has 290 valence electrons. The van der Waals surface area contributed by atoms with Crippen molar-refractivity contribution in [2.45, 2.75) is 25.9 Å². The summed E-state index contributed by atoms with van der Waals surface area (Å²) < 4.78 is 0. The minimum absolute atomic E-state index is 0.000601. The maximum atomic E-state index is 14.4. The topological polar surface area (TPSA) is 159 Å². The quantitative estimate of drug-likeness (QED) is 0.0740. The molecule has 56 heavy (non-hydrogen) atoms. The molecule has 0 fully saturated rings. The lowest BCUT2D eigenvalue weighted by atomic mass is 10.1. The van der Waals surface area contributed by atoms with Gasteiger partial charge in [0, 0.05) is 97.5 Å². The van der Waals surface area contributed by atoms with Gasteiger partial charge < -0.3 is 35.3 Å². The molecular weight excluding hydrogens is 727 g/mol. The highest BCUT2D eigenvalue weighted by Gasteiger charge is 2.26. The predicted octanol–water partition coefficient (Wildman–Crippen LogP) is 3.75. The first-order valence-electron chi connectivity index (χ1n) is 18.7. The highest BCUT2D eigenvalue weighted by atomic mass is 32.1. The number of carbonyl (C=O) groups excluding carboxylic acids is 4. The largest absolute Gasteiger partial charge is 0.361 e.